The van der Waals surface area contributed by atoms with Crippen molar-refractivity contribution in [1.29, 1.82) is 0 Å². The van der Waals surface area contributed by atoms with Crippen molar-refractivity contribution in [2.75, 3.05) is 0 Å². The SMILES string of the molecule is O=C(O)C(=Cc1ccc(Oc2ccccc2I)cc1)NC(=O)c1cccc2ccccc12. The minimum atomic E-state index is -1.22. The summed E-state index contributed by atoms with van der Waals surface area (Å²) in [5, 5.41) is 13.8. The molecular formula is C26H18INO4. The van der Waals surface area contributed by atoms with E-state index in [1.165, 1.54) is 6.08 Å². The summed E-state index contributed by atoms with van der Waals surface area (Å²) < 4.78 is 6.85. The molecule has 4 aromatic rings. The number of benzene rings is 4. The highest BCUT2D eigenvalue weighted by Crippen LogP contribution is 2.27. The van der Waals surface area contributed by atoms with Crippen LogP contribution in [0, 0.1) is 3.57 Å². The molecule has 0 saturated heterocycles. The van der Waals surface area contributed by atoms with Gasteiger partial charge in [0.25, 0.3) is 5.91 Å². The van der Waals surface area contributed by atoms with Gasteiger partial charge in [0, 0.05) is 5.56 Å². The number of carbonyl (C=O) groups is 2. The lowest BCUT2D eigenvalue weighted by atomic mass is 10.0. The molecule has 0 radical (unpaired) electrons. The van der Waals surface area contributed by atoms with Gasteiger partial charge in [-0.05, 0) is 75.3 Å². The van der Waals surface area contributed by atoms with Crippen molar-refractivity contribution in [2.24, 2.45) is 0 Å². The Kier molecular flexibility index (Phi) is 6.51. The van der Waals surface area contributed by atoms with Crippen LogP contribution in [-0.2, 0) is 4.79 Å². The van der Waals surface area contributed by atoms with E-state index in [0.29, 0.717) is 16.9 Å². The fourth-order valence-electron chi connectivity index (χ4n) is 3.22. The maximum atomic E-state index is 12.8. The van der Waals surface area contributed by atoms with Crippen LogP contribution in [0.4, 0.5) is 0 Å². The number of carboxylic acid groups (broad SMARTS) is 1. The molecule has 5 nitrogen and oxygen atoms in total. The van der Waals surface area contributed by atoms with Crippen molar-refractivity contribution in [3.8, 4) is 11.5 Å². The molecule has 0 unspecified atom stereocenters. The molecule has 6 heteroatoms. The van der Waals surface area contributed by atoms with Crippen LogP contribution < -0.4 is 10.1 Å². The molecule has 1 amide bonds. The third-order valence-electron chi connectivity index (χ3n) is 4.77. The van der Waals surface area contributed by atoms with Crippen LogP contribution in [-0.4, -0.2) is 17.0 Å². The van der Waals surface area contributed by atoms with Gasteiger partial charge < -0.3 is 15.2 Å². The molecule has 0 aliphatic carbocycles. The summed E-state index contributed by atoms with van der Waals surface area (Å²) in [6, 6.07) is 27.4. The van der Waals surface area contributed by atoms with Crippen LogP contribution in [0.2, 0.25) is 0 Å². The Morgan fingerprint density at radius 3 is 2.28 bits per heavy atom. The van der Waals surface area contributed by atoms with Crippen molar-refractivity contribution in [3.63, 3.8) is 0 Å². The van der Waals surface area contributed by atoms with E-state index in [0.717, 1.165) is 20.1 Å². The van der Waals surface area contributed by atoms with Gasteiger partial charge in [-0.3, -0.25) is 4.79 Å². The van der Waals surface area contributed by atoms with Crippen molar-refractivity contribution in [2.45, 2.75) is 0 Å². The zero-order chi connectivity index (χ0) is 22.5. The molecule has 0 fully saturated rings. The van der Waals surface area contributed by atoms with Gasteiger partial charge in [-0.15, -0.1) is 0 Å². The van der Waals surface area contributed by atoms with E-state index in [2.05, 4.69) is 27.9 Å². The van der Waals surface area contributed by atoms with Crippen LogP contribution in [0.25, 0.3) is 16.8 Å². The summed E-state index contributed by atoms with van der Waals surface area (Å²) in [7, 11) is 0. The van der Waals surface area contributed by atoms with E-state index in [1.54, 1.807) is 36.4 Å². The molecule has 0 aliphatic heterocycles. The van der Waals surface area contributed by atoms with Crippen molar-refractivity contribution in [3.05, 3.63) is 111 Å². The predicted molar refractivity (Wildman–Crippen MR) is 133 cm³/mol. The number of halogens is 1. The first-order valence-corrected chi connectivity index (χ1v) is 10.9. The normalized spacial score (nSPS) is 11.2. The highest BCUT2D eigenvalue weighted by atomic mass is 127. The molecule has 0 aliphatic rings. The Bertz CT molecular complexity index is 1320. The van der Waals surface area contributed by atoms with Gasteiger partial charge in [0.2, 0.25) is 0 Å². The van der Waals surface area contributed by atoms with Crippen molar-refractivity contribution >= 4 is 51.3 Å². The Labute approximate surface area is 198 Å². The molecule has 158 valence electrons. The van der Waals surface area contributed by atoms with Crippen LogP contribution in [0.15, 0.2) is 96.7 Å². The smallest absolute Gasteiger partial charge is 0.352 e. The van der Waals surface area contributed by atoms with Crippen molar-refractivity contribution < 1.29 is 19.4 Å². The minimum absolute atomic E-state index is 0.214. The molecular weight excluding hydrogens is 517 g/mol. The van der Waals surface area contributed by atoms with Gasteiger partial charge in [-0.25, -0.2) is 4.79 Å². The summed E-state index contributed by atoms with van der Waals surface area (Å²) in [5.41, 5.74) is 0.821. The lowest BCUT2D eigenvalue weighted by Crippen LogP contribution is -2.27. The summed E-state index contributed by atoms with van der Waals surface area (Å²) in [6.07, 6.45) is 1.42. The largest absolute Gasteiger partial charge is 0.477 e. The summed E-state index contributed by atoms with van der Waals surface area (Å²) in [5.74, 6) is -0.334. The van der Waals surface area contributed by atoms with E-state index in [-0.39, 0.29) is 5.70 Å². The number of rotatable bonds is 6. The number of fused-ring (bicyclic) bond motifs is 1. The second-order valence-electron chi connectivity index (χ2n) is 6.95. The molecule has 4 aromatic carbocycles. The number of hydrogen-bond acceptors (Lipinski definition) is 3. The topological polar surface area (TPSA) is 75.6 Å². The van der Waals surface area contributed by atoms with Crippen LogP contribution >= 0.6 is 22.6 Å². The quantitative estimate of drug-likeness (QED) is 0.232. The molecule has 0 bridgehead atoms. The predicted octanol–water partition coefficient (Wildman–Crippen LogP) is 6.09. The maximum absolute atomic E-state index is 12.8. The number of ether oxygens (including phenoxy) is 1. The van der Waals surface area contributed by atoms with Crippen LogP contribution in [0.1, 0.15) is 15.9 Å². The molecule has 0 saturated carbocycles. The number of hydrogen-bond donors (Lipinski definition) is 2. The Hall–Kier alpha value is -3.65. The summed E-state index contributed by atoms with van der Waals surface area (Å²) in [4.78, 5) is 24.6. The zero-order valence-corrected chi connectivity index (χ0v) is 18.9. The van der Waals surface area contributed by atoms with Crippen LogP contribution in [0.3, 0.4) is 0 Å². The fourth-order valence-corrected chi connectivity index (χ4v) is 3.72. The van der Waals surface area contributed by atoms with Crippen molar-refractivity contribution in [1.82, 2.24) is 5.32 Å². The molecule has 0 aromatic heterocycles. The minimum Gasteiger partial charge on any atom is -0.477 e. The average Bonchev–Trinajstić information content (AvgIpc) is 2.80. The summed E-state index contributed by atoms with van der Waals surface area (Å²) >= 11 is 2.20. The van der Waals surface area contributed by atoms with Gasteiger partial charge in [-0.1, -0.05) is 60.7 Å². The molecule has 4 rings (SSSR count). The van der Waals surface area contributed by atoms with E-state index < -0.39 is 11.9 Å². The number of para-hydroxylation sites is 1. The van der Waals surface area contributed by atoms with E-state index in [4.69, 9.17) is 4.74 Å². The van der Waals surface area contributed by atoms with Gasteiger partial charge in [0.1, 0.15) is 17.2 Å². The molecule has 32 heavy (non-hydrogen) atoms. The zero-order valence-electron chi connectivity index (χ0n) is 16.8. The molecule has 0 heterocycles. The molecule has 2 N–H and O–H groups in total. The highest BCUT2D eigenvalue weighted by Gasteiger charge is 2.15. The van der Waals surface area contributed by atoms with E-state index >= 15 is 0 Å². The first-order chi connectivity index (χ1) is 15.5. The highest BCUT2D eigenvalue weighted by molar-refractivity contribution is 14.1. The maximum Gasteiger partial charge on any atom is 0.352 e. The first kappa shape index (κ1) is 21.6. The fraction of sp³-hybridized carbons (Fsp3) is 0. The average molecular weight is 535 g/mol. The Morgan fingerprint density at radius 1 is 0.844 bits per heavy atom. The van der Waals surface area contributed by atoms with Gasteiger partial charge in [-0.2, -0.15) is 0 Å². The molecule has 0 atom stereocenters. The summed E-state index contributed by atoms with van der Waals surface area (Å²) in [6.45, 7) is 0. The standard InChI is InChI=1S/C26H18INO4/c27-22-10-3-4-11-24(22)32-19-14-12-17(13-15-19)16-23(26(30)31)28-25(29)21-9-5-7-18-6-1-2-8-20(18)21/h1-16H,(H,28,29)(H,30,31). The first-order valence-electron chi connectivity index (χ1n) is 9.78. The lowest BCUT2D eigenvalue weighted by Gasteiger charge is -2.10. The second kappa shape index (κ2) is 9.65. The second-order valence-corrected chi connectivity index (χ2v) is 8.11. The van der Waals surface area contributed by atoms with E-state index in [9.17, 15) is 14.7 Å². The van der Waals surface area contributed by atoms with Gasteiger partial charge in [0.05, 0.1) is 3.57 Å². The van der Waals surface area contributed by atoms with Gasteiger partial charge in [0.15, 0.2) is 0 Å². The number of carbonyl (C=O) groups excluding carboxylic acids is 1. The third kappa shape index (κ3) is 4.97. The Morgan fingerprint density at radius 2 is 1.53 bits per heavy atom. The lowest BCUT2D eigenvalue weighted by molar-refractivity contribution is -0.132. The Balaban J connectivity index is 1.55. The van der Waals surface area contributed by atoms with Gasteiger partial charge >= 0.3 is 5.97 Å². The van der Waals surface area contributed by atoms with E-state index in [1.807, 2.05) is 54.6 Å². The molecule has 0 spiro atoms. The monoisotopic (exact) mass is 535 g/mol. The number of aliphatic carboxylic acids is 1. The number of amides is 1. The third-order valence-corrected chi connectivity index (χ3v) is 5.66. The van der Waals surface area contributed by atoms with Crippen LogP contribution in [0.5, 0.6) is 11.5 Å². The number of nitrogens with one attached hydrogen (secondary N) is 1. The number of carboxylic acids is 1.